The zero-order chi connectivity index (χ0) is 19.8. The van der Waals surface area contributed by atoms with Crippen molar-refractivity contribution >= 4 is 27.7 Å². The third-order valence-electron chi connectivity index (χ3n) is 4.56. The van der Waals surface area contributed by atoms with Crippen molar-refractivity contribution in [2.45, 2.75) is 12.8 Å². The summed E-state index contributed by atoms with van der Waals surface area (Å²) in [5, 5.41) is 0.809. The van der Waals surface area contributed by atoms with E-state index in [0.29, 0.717) is 40.3 Å². The van der Waals surface area contributed by atoms with Crippen LogP contribution >= 0.6 is 0 Å². The van der Waals surface area contributed by atoms with E-state index in [1.807, 2.05) is 0 Å². The largest absolute Gasteiger partial charge is 0.489 e. The van der Waals surface area contributed by atoms with Gasteiger partial charge in [0.25, 0.3) is 5.56 Å². The number of benzene rings is 1. The molecule has 29 heavy (non-hydrogen) atoms. The molecule has 1 fully saturated rings. The first-order valence-corrected chi connectivity index (χ1v) is 10.4. The third-order valence-corrected chi connectivity index (χ3v) is 5.03. The molecule has 10 heteroatoms. The molecule has 4 rings (SSSR count). The monoisotopic (exact) mass is 420 g/mol. The van der Waals surface area contributed by atoms with E-state index in [4.69, 9.17) is 4.74 Å². The van der Waals surface area contributed by atoms with Gasteiger partial charge in [0.1, 0.15) is 22.5 Å². The molecule has 1 unspecified atom stereocenters. The highest BCUT2D eigenvalue weighted by molar-refractivity contribution is 7.85. The van der Waals surface area contributed by atoms with Gasteiger partial charge in [-0.3, -0.25) is 9.52 Å². The lowest BCUT2D eigenvalue weighted by Gasteiger charge is -2.14. The minimum absolute atomic E-state index is 0. The number of nitrogens with one attached hydrogen (secondary N) is 1. The van der Waals surface area contributed by atoms with Gasteiger partial charge in [0.15, 0.2) is 5.75 Å². The van der Waals surface area contributed by atoms with Gasteiger partial charge in [-0.05, 0) is 37.0 Å². The fourth-order valence-corrected chi connectivity index (χ4v) is 3.32. The van der Waals surface area contributed by atoms with Crippen molar-refractivity contribution in [3.8, 4) is 17.0 Å². The Hall–Kier alpha value is -2.85. The maximum Gasteiger partial charge on any atom is 0.258 e. The third kappa shape index (κ3) is 4.43. The molecule has 154 valence electrons. The Kier molecular flexibility index (Phi) is 5.94. The topological polar surface area (TPSA) is 118 Å². The molecule has 0 amide bonds. The van der Waals surface area contributed by atoms with Crippen LogP contribution in [0.25, 0.3) is 22.0 Å². The molecular formula is C19H21FN4O4S. The number of hydrogen-bond acceptors (Lipinski definition) is 5. The van der Waals surface area contributed by atoms with Gasteiger partial charge in [-0.25, -0.2) is 18.6 Å². The maximum absolute atomic E-state index is 14.0. The number of ether oxygens (including phenoxy) is 1. The highest BCUT2D eigenvalue weighted by Crippen LogP contribution is 2.35. The molecule has 1 aliphatic carbocycles. The van der Waals surface area contributed by atoms with Crippen LogP contribution in [0, 0.1) is 11.7 Å². The minimum Gasteiger partial charge on any atom is -0.489 e. The molecule has 1 atom stereocenters. The van der Waals surface area contributed by atoms with Crippen molar-refractivity contribution in [3.05, 3.63) is 46.8 Å². The molecule has 0 bridgehead atoms. The normalized spacial score (nSPS) is 14.3. The fourth-order valence-electron chi connectivity index (χ4n) is 2.97. The lowest BCUT2D eigenvalue weighted by atomic mass is 10.0. The lowest BCUT2D eigenvalue weighted by molar-refractivity contribution is 0.299. The highest BCUT2D eigenvalue weighted by atomic mass is 32.2. The van der Waals surface area contributed by atoms with Crippen LogP contribution in [0.3, 0.4) is 0 Å². The van der Waals surface area contributed by atoms with Crippen molar-refractivity contribution in [2.75, 3.05) is 17.6 Å². The molecule has 1 aliphatic rings. The second-order valence-electron chi connectivity index (χ2n) is 6.87. The van der Waals surface area contributed by atoms with E-state index in [0.717, 1.165) is 12.8 Å². The fraction of sp³-hybridized carbons (Fsp3) is 0.316. The van der Waals surface area contributed by atoms with Crippen LogP contribution in [-0.2, 0) is 18.0 Å². The number of rotatable bonds is 6. The number of nitrogens with zero attached hydrogens (tertiary/aromatic N) is 3. The zero-order valence-corrected chi connectivity index (χ0v) is 16.8. The van der Waals surface area contributed by atoms with Gasteiger partial charge in [0.05, 0.1) is 12.8 Å². The van der Waals surface area contributed by atoms with Crippen LogP contribution in [0.4, 0.5) is 10.3 Å². The molecule has 2 heterocycles. The van der Waals surface area contributed by atoms with E-state index in [1.54, 1.807) is 13.2 Å². The van der Waals surface area contributed by atoms with Crippen LogP contribution < -0.4 is 15.0 Å². The van der Waals surface area contributed by atoms with Gasteiger partial charge in [-0.15, -0.1) is 0 Å². The van der Waals surface area contributed by atoms with Crippen LogP contribution in [0.1, 0.15) is 12.8 Å². The Bertz CT molecular complexity index is 1150. The first-order chi connectivity index (χ1) is 13.4. The van der Waals surface area contributed by atoms with Gasteiger partial charge in [-0.2, -0.15) is 0 Å². The van der Waals surface area contributed by atoms with Crippen molar-refractivity contribution in [2.24, 2.45) is 13.0 Å². The van der Waals surface area contributed by atoms with Crippen molar-refractivity contribution in [3.63, 3.8) is 0 Å². The quantitative estimate of drug-likeness (QED) is 0.652. The first kappa shape index (κ1) is 20.9. The van der Waals surface area contributed by atoms with E-state index in [1.165, 1.54) is 35.2 Å². The van der Waals surface area contributed by atoms with Crippen molar-refractivity contribution < 1.29 is 18.8 Å². The first-order valence-electron chi connectivity index (χ1n) is 8.81. The van der Waals surface area contributed by atoms with E-state index in [-0.39, 0.29) is 17.0 Å². The molecule has 3 N–H and O–H groups in total. The summed E-state index contributed by atoms with van der Waals surface area (Å²) in [6, 6.07) is 4.03. The second-order valence-corrected chi connectivity index (χ2v) is 7.98. The zero-order valence-electron chi connectivity index (χ0n) is 15.9. The number of pyridine rings is 1. The van der Waals surface area contributed by atoms with Crippen LogP contribution in [0.5, 0.6) is 5.75 Å². The summed E-state index contributed by atoms with van der Waals surface area (Å²) in [5.74, 6) is 0.657. The average Bonchev–Trinajstić information content (AvgIpc) is 3.47. The molecule has 0 aliphatic heterocycles. The Balaban J connectivity index is 0.00000240. The summed E-state index contributed by atoms with van der Waals surface area (Å²) >= 11 is 0. The summed E-state index contributed by atoms with van der Waals surface area (Å²) in [4.78, 5) is 21.1. The number of hydrogen-bond donors (Lipinski definition) is 1. The number of anilines is 1. The second kappa shape index (κ2) is 8.26. The molecule has 2 aromatic heterocycles. The van der Waals surface area contributed by atoms with E-state index in [2.05, 4.69) is 14.7 Å². The number of aromatic nitrogens is 3. The molecule has 3 aromatic rings. The summed E-state index contributed by atoms with van der Waals surface area (Å²) < 4.78 is 35.5. The van der Waals surface area contributed by atoms with E-state index in [9.17, 15) is 13.4 Å². The number of aryl methyl sites for hydroxylation is 1. The number of halogens is 1. The summed E-state index contributed by atoms with van der Waals surface area (Å²) in [5.41, 5.74) is 0.714. The van der Waals surface area contributed by atoms with Gasteiger partial charge < -0.3 is 14.8 Å². The number of fused-ring (bicyclic) bond motifs is 1. The smallest absolute Gasteiger partial charge is 0.258 e. The Morgan fingerprint density at radius 1 is 1.34 bits per heavy atom. The molecular weight excluding hydrogens is 399 g/mol. The van der Waals surface area contributed by atoms with Gasteiger partial charge in [0.2, 0.25) is 5.95 Å². The SMILES string of the molecule is Cn1cc(-c2nc(NS(C)=O)ncc2OCC2CC2)c2cc(F)ccc2c1=O.O. The van der Waals surface area contributed by atoms with Gasteiger partial charge in [-0.1, -0.05) is 0 Å². The van der Waals surface area contributed by atoms with Crippen LogP contribution in [-0.4, -0.2) is 37.1 Å². The highest BCUT2D eigenvalue weighted by Gasteiger charge is 2.24. The predicted octanol–water partition coefficient (Wildman–Crippen LogP) is 1.80. The minimum atomic E-state index is -1.36. The lowest BCUT2D eigenvalue weighted by Crippen LogP contribution is -2.17. The molecule has 0 spiro atoms. The molecule has 0 radical (unpaired) electrons. The van der Waals surface area contributed by atoms with Crippen LogP contribution in [0.2, 0.25) is 0 Å². The standard InChI is InChI=1S/C19H19FN4O3S.H2O/c1-24-9-15(14-7-12(20)5-6-13(14)18(24)25)17-16(27-10-11-3-4-11)8-21-19(22-17)23-28(2)26;/h5-9,11H,3-4,10H2,1-2H3,(H,21,22,23);1H2. The molecule has 0 saturated heterocycles. The van der Waals surface area contributed by atoms with Gasteiger partial charge >= 0.3 is 0 Å². The van der Waals surface area contributed by atoms with Crippen molar-refractivity contribution in [1.82, 2.24) is 14.5 Å². The Labute approximate surface area is 168 Å². The average molecular weight is 420 g/mol. The summed E-state index contributed by atoms with van der Waals surface area (Å²) in [6.07, 6.45) is 6.83. The Morgan fingerprint density at radius 3 is 2.79 bits per heavy atom. The molecule has 1 aromatic carbocycles. The molecule has 1 saturated carbocycles. The van der Waals surface area contributed by atoms with Crippen molar-refractivity contribution in [1.29, 1.82) is 0 Å². The van der Waals surface area contributed by atoms with E-state index < -0.39 is 16.8 Å². The molecule has 8 nitrogen and oxygen atoms in total. The van der Waals surface area contributed by atoms with Gasteiger partial charge in [0, 0.05) is 35.8 Å². The summed E-state index contributed by atoms with van der Waals surface area (Å²) in [7, 11) is 0.267. The Morgan fingerprint density at radius 2 is 2.10 bits per heavy atom. The summed E-state index contributed by atoms with van der Waals surface area (Å²) in [6.45, 7) is 0.543. The maximum atomic E-state index is 14.0. The predicted molar refractivity (Wildman–Crippen MR) is 110 cm³/mol. The van der Waals surface area contributed by atoms with Crippen LogP contribution in [0.15, 0.2) is 35.4 Å². The van der Waals surface area contributed by atoms with E-state index >= 15 is 0 Å².